The molecule has 0 bridgehead atoms. The Hall–Kier alpha value is -1.65. The van der Waals surface area contributed by atoms with Gasteiger partial charge < -0.3 is 10.2 Å². The van der Waals surface area contributed by atoms with Crippen LogP contribution in [0.3, 0.4) is 0 Å². The zero-order valence-corrected chi connectivity index (χ0v) is 8.52. The summed E-state index contributed by atoms with van der Waals surface area (Å²) >= 11 is 0. The molecule has 0 aliphatic carbocycles. The largest absolute Gasteiger partial charge is 0.360 e. The van der Waals surface area contributed by atoms with E-state index in [1.165, 1.54) is 0 Å². The third-order valence-corrected chi connectivity index (χ3v) is 2.44. The first-order valence-electron chi connectivity index (χ1n) is 5.14. The molecule has 1 aromatic heterocycles. The molecule has 0 radical (unpaired) electrons. The number of amides is 1. The van der Waals surface area contributed by atoms with Crippen LogP contribution in [0, 0.1) is 0 Å². The minimum atomic E-state index is 0.137. The van der Waals surface area contributed by atoms with Crippen LogP contribution in [-0.4, -0.2) is 40.4 Å². The number of anilines is 1. The van der Waals surface area contributed by atoms with Gasteiger partial charge in [0.2, 0.25) is 5.91 Å². The van der Waals surface area contributed by atoms with Crippen LogP contribution < -0.4 is 5.32 Å². The molecule has 1 aliphatic heterocycles. The molecule has 5 nitrogen and oxygen atoms in total. The zero-order valence-electron chi connectivity index (χ0n) is 8.52. The highest BCUT2D eigenvalue weighted by Gasteiger charge is 2.17. The van der Waals surface area contributed by atoms with E-state index in [1.54, 1.807) is 18.6 Å². The van der Waals surface area contributed by atoms with Crippen molar-refractivity contribution in [2.24, 2.45) is 0 Å². The lowest BCUT2D eigenvalue weighted by Crippen LogP contribution is -2.33. The quantitative estimate of drug-likeness (QED) is 0.783. The Bertz CT molecular complexity index is 321. The van der Waals surface area contributed by atoms with Crippen molar-refractivity contribution in [3.05, 3.63) is 18.6 Å². The number of carbonyl (C=O) groups is 1. The molecule has 1 fully saturated rings. The monoisotopic (exact) mass is 206 g/mol. The molecule has 1 N–H and O–H groups in total. The summed E-state index contributed by atoms with van der Waals surface area (Å²) in [6, 6.07) is 0. The van der Waals surface area contributed by atoms with Crippen molar-refractivity contribution in [2.75, 3.05) is 25.0 Å². The van der Waals surface area contributed by atoms with E-state index in [0.29, 0.717) is 12.4 Å². The van der Waals surface area contributed by atoms with Gasteiger partial charge in [-0.1, -0.05) is 0 Å². The summed E-state index contributed by atoms with van der Waals surface area (Å²) in [6.07, 6.45) is 7.06. The molecule has 1 amide bonds. The van der Waals surface area contributed by atoms with Crippen molar-refractivity contribution < 1.29 is 4.79 Å². The van der Waals surface area contributed by atoms with Crippen LogP contribution >= 0.6 is 0 Å². The average molecular weight is 206 g/mol. The number of nitrogens with zero attached hydrogens (tertiary/aromatic N) is 3. The average Bonchev–Trinajstić information content (AvgIpc) is 2.81. The summed E-state index contributed by atoms with van der Waals surface area (Å²) in [7, 11) is 0. The van der Waals surface area contributed by atoms with Crippen molar-refractivity contribution in [3.8, 4) is 0 Å². The second-order valence-electron chi connectivity index (χ2n) is 3.53. The maximum absolute atomic E-state index is 11.6. The van der Waals surface area contributed by atoms with Crippen LogP contribution in [0.5, 0.6) is 0 Å². The number of rotatable bonds is 3. The number of nitrogens with one attached hydrogen (secondary N) is 1. The summed E-state index contributed by atoms with van der Waals surface area (Å²) in [6.45, 7) is 2.08. The molecule has 5 heteroatoms. The van der Waals surface area contributed by atoms with Gasteiger partial charge in [0, 0.05) is 25.5 Å². The maximum atomic E-state index is 11.6. The van der Waals surface area contributed by atoms with E-state index >= 15 is 0 Å². The van der Waals surface area contributed by atoms with Crippen LogP contribution in [0.15, 0.2) is 18.6 Å². The summed E-state index contributed by atoms with van der Waals surface area (Å²) in [4.78, 5) is 21.5. The Morgan fingerprint density at radius 2 is 2.20 bits per heavy atom. The van der Waals surface area contributed by atoms with Gasteiger partial charge in [-0.3, -0.25) is 9.78 Å². The molecule has 1 aromatic rings. The second kappa shape index (κ2) is 4.72. The van der Waals surface area contributed by atoms with Gasteiger partial charge in [0.1, 0.15) is 5.82 Å². The minimum Gasteiger partial charge on any atom is -0.360 e. The van der Waals surface area contributed by atoms with Crippen molar-refractivity contribution in [3.63, 3.8) is 0 Å². The molecule has 80 valence electrons. The maximum Gasteiger partial charge on any atom is 0.241 e. The number of aromatic nitrogens is 2. The summed E-state index contributed by atoms with van der Waals surface area (Å²) in [5.74, 6) is 0.781. The molecule has 15 heavy (non-hydrogen) atoms. The Labute approximate surface area is 88.5 Å². The lowest BCUT2D eigenvalue weighted by molar-refractivity contribution is -0.128. The number of hydrogen-bond acceptors (Lipinski definition) is 4. The summed E-state index contributed by atoms with van der Waals surface area (Å²) < 4.78 is 0. The first-order valence-corrected chi connectivity index (χ1v) is 5.14. The fourth-order valence-electron chi connectivity index (χ4n) is 1.63. The normalized spacial score (nSPS) is 15.3. The highest BCUT2D eigenvalue weighted by Crippen LogP contribution is 2.07. The Balaban J connectivity index is 1.80. The highest BCUT2D eigenvalue weighted by atomic mass is 16.2. The van der Waals surface area contributed by atoms with Gasteiger partial charge in [-0.2, -0.15) is 0 Å². The molecular weight excluding hydrogens is 192 g/mol. The standard InChI is InChI=1S/C10H14N4O/c15-10(14-5-1-2-6-14)8-13-9-7-11-3-4-12-9/h3-4,7H,1-2,5-6,8H2,(H,12,13). The third kappa shape index (κ3) is 2.65. The van der Waals surface area contributed by atoms with E-state index in [2.05, 4.69) is 15.3 Å². The smallest absolute Gasteiger partial charge is 0.241 e. The molecule has 0 spiro atoms. The third-order valence-electron chi connectivity index (χ3n) is 2.44. The van der Waals surface area contributed by atoms with Crippen LogP contribution in [0.4, 0.5) is 5.82 Å². The van der Waals surface area contributed by atoms with Crippen molar-refractivity contribution in [1.29, 1.82) is 0 Å². The fourth-order valence-corrected chi connectivity index (χ4v) is 1.63. The molecule has 2 heterocycles. The molecule has 1 saturated heterocycles. The first-order chi connectivity index (χ1) is 7.36. The lowest BCUT2D eigenvalue weighted by Gasteiger charge is -2.15. The van der Waals surface area contributed by atoms with Crippen LogP contribution in [0.25, 0.3) is 0 Å². The van der Waals surface area contributed by atoms with Gasteiger partial charge in [0.15, 0.2) is 0 Å². The number of carbonyl (C=O) groups excluding carboxylic acids is 1. The lowest BCUT2D eigenvalue weighted by atomic mass is 10.4. The molecular formula is C10H14N4O. The molecule has 0 unspecified atom stereocenters. The van der Waals surface area contributed by atoms with Crippen molar-refractivity contribution in [1.82, 2.24) is 14.9 Å². The van der Waals surface area contributed by atoms with Gasteiger partial charge in [-0.05, 0) is 12.8 Å². The van der Waals surface area contributed by atoms with Crippen LogP contribution in [-0.2, 0) is 4.79 Å². The van der Waals surface area contributed by atoms with E-state index in [0.717, 1.165) is 25.9 Å². The van der Waals surface area contributed by atoms with Crippen LogP contribution in [0.1, 0.15) is 12.8 Å². The van der Waals surface area contributed by atoms with E-state index in [1.807, 2.05) is 4.90 Å². The predicted molar refractivity (Wildman–Crippen MR) is 56.3 cm³/mol. The summed E-state index contributed by atoms with van der Waals surface area (Å²) in [5.41, 5.74) is 0. The topological polar surface area (TPSA) is 58.1 Å². The molecule has 2 rings (SSSR count). The molecule has 0 aromatic carbocycles. The van der Waals surface area contributed by atoms with E-state index < -0.39 is 0 Å². The predicted octanol–water partition coefficient (Wildman–Crippen LogP) is 0.511. The van der Waals surface area contributed by atoms with Gasteiger partial charge in [-0.25, -0.2) is 4.98 Å². The van der Waals surface area contributed by atoms with Crippen molar-refractivity contribution >= 4 is 11.7 Å². The zero-order chi connectivity index (χ0) is 10.5. The fraction of sp³-hybridized carbons (Fsp3) is 0.500. The van der Waals surface area contributed by atoms with Gasteiger partial charge in [0.05, 0.1) is 12.7 Å². The molecule has 0 saturated carbocycles. The molecule has 1 aliphatic rings. The first kappa shape index (κ1) is 9.89. The Kier molecular flexibility index (Phi) is 3.11. The Morgan fingerprint density at radius 3 is 2.87 bits per heavy atom. The molecule has 0 atom stereocenters. The van der Waals surface area contributed by atoms with Gasteiger partial charge >= 0.3 is 0 Å². The van der Waals surface area contributed by atoms with E-state index in [4.69, 9.17) is 0 Å². The van der Waals surface area contributed by atoms with E-state index in [-0.39, 0.29) is 5.91 Å². The SMILES string of the molecule is O=C(CNc1cnccn1)N1CCCC1. The number of likely N-dealkylation sites (tertiary alicyclic amines) is 1. The Morgan fingerprint density at radius 1 is 1.40 bits per heavy atom. The minimum absolute atomic E-state index is 0.137. The van der Waals surface area contributed by atoms with Gasteiger partial charge in [0.25, 0.3) is 0 Å². The van der Waals surface area contributed by atoms with Crippen LogP contribution in [0.2, 0.25) is 0 Å². The summed E-state index contributed by atoms with van der Waals surface area (Å²) in [5, 5.41) is 2.96. The van der Waals surface area contributed by atoms with E-state index in [9.17, 15) is 4.79 Å². The van der Waals surface area contributed by atoms with Gasteiger partial charge in [-0.15, -0.1) is 0 Å². The number of hydrogen-bond donors (Lipinski definition) is 1. The highest BCUT2D eigenvalue weighted by molar-refractivity contribution is 5.80. The second-order valence-corrected chi connectivity index (χ2v) is 3.53. The van der Waals surface area contributed by atoms with Crippen molar-refractivity contribution in [2.45, 2.75) is 12.8 Å².